The molecule has 6 nitrogen and oxygen atoms in total. The molecule has 0 bridgehead atoms. The van der Waals surface area contributed by atoms with Gasteiger partial charge in [-0.05, 0) is 44.9 Å². The highest BCUT2D eigenvalue weighted by molar-refractivity contribution is 6.00. The minimum absolute atomic E-state index is 0.182. The fourth-order valence-corrected chi connectivity index (χ4v) is 3.27. The van der Waals surface area contributed by atoms with Crippen LogP contribution in [0, 0.1) is 27.7 Å². The van der Waals surface area contributed by atoms with E-state index < -0.39 is 5.97 Å². The molecule has 0 atom stereocenters. The van der Waals surface area contributed by atoms with Crippen LogP contribution in [0.4, 0.5) is 0 Å². The number of furan rings is 1. The van der Waals surface area contributed by atoms with Gasteiger partial charge >= 0.3 is 5.97 Å². The van der Waals surface area contributed by atoms with E-state index in [1.165, 1.54) is 11.6 Å². The van der Waals surface area contributed by atoms with Gasteiger partial charge in [0.2, 0.25) is 0 Å². The zero-order valence-corrected chi connectivity index (χ0v) is 15.2. The van der Waals surface area contributed by atoms with Crippen LogP contribution in [0.5, 0.6) is 5.75 Å². The summed E-state index contributed by atoms with van der Waals surface area (Å²) in [5, 5.41) is 4.99. The Labute approximate surface area is 145 Å². The fourth-order valence-electron chi connectivity index (χ4n) is 3.27. The number of nitrogens with zero attached hydrogens (tertiary/aromatic N) is 2. The summed E-state index contributed by atoms with van der Waals surface area (Å²) in [5.41, 5.74) is 3.84. The summed E-state index contributed by atoms with van der Waals surface area (Å²) in [6.07, 6.45) is 0. The number of aryl methyl sites for hydroxylation is 5. The molecule has 0 spiro atoms. The summed E-state index contributed by atoms with van der Waals surface area (Å²) in [5.74, 6) is 0.276. The normalized spacial score (nSPS) is 11.1. The van der Waals surface area contributed by atoms with Gasteiger partial charge < -0.3 is 9.15 Å². The highest BCUT2D eigenvalue weighted by atomic mass is 16.5. The first-order valence-electron chi connectivity index (χ1n) is 7.97. The van der Waals surface area contributed by atoms with E-state index >= 15 is 0 Å². The van der Waals surface area contributed by atoms with Crippen LogP contribution in [-0.4, -0.2) is 15.7 Å². The molecule has 25 heavy (non-hydrogen) atoms. The molecule has 0 fully saturated rings. The Bertz CT molecular complexity index is 1070. The van der Waals surface area contributed by atoms with E-state index in [2.05, 4.69) is 5.10 Å². The molecule has 0 radical (unpaired) electrons. The van der Waals surface area contributed by atoms with Gasteiger partial charge in [-0.3, -0.25) is 9.59 Å². The molecular formula is C19H20N2O4. The minimum Gasteiger partial charge on any atom is -0.461 e. The lowest BCUT2D eigenvalue weighted by atomic mass is 9.98. The number of aromatic nitrogens is 2. The van der Waals surface area contributed by atoms with Crippen LogP contribution in [-0.2, 0) is 11.8 Å². The third-order valence-corrected chi connectivity index (χ3v) is 4.17. The second-order valence-corrected chi connectivity index (χ2v) is 6.30. The summed E-state index contributed by atoms with van der Waals surface area (Å²) >= 11 is 0. The molecule has 0 saturated carbocycles. The van der Waals surface area contributed by atoms with Crippen LogP contribution in [0.1, 0.15) is 29.5 Å². The van der Waals surface area contributed by atoms with E-state index in [1.54, 1.807) is 20.9 Å². The van der Waals surface area contributed by atoms with Gasteiger partial charge in [0.15, 0.2) is 5.75 Å². The number of hydrogen-bond donors (Lipinski definition) is 0. The van der Waals surface area contributed by atoms with Crippen molar-refractivity contribution in [3.8, 4) is 16.9 Å². The van der Waals surface area contributed by atoms with Crippen molar-refractivity contribution < 1.29 is 13.9 Å². The number of carbonyl (C=O) groups is 1. The van der Waals surface area contributed by atoms with E-state index in [1.807, 2.05) is 26.0 Å². The third-order valence-electron chi connectivity index (χ3n) is 4.17. The molecule has 1 aromatic carbocycles. The molecule has 130 valence electrons. The standard InChI is InChI=1S/C19H20N2O4/c1-9-7-10(2)15-14(8-9)24-12(4)16(15)17-18(25-13(5)22)11(3)20-21(6)19(17)23/h7-8H,1-6H3. The van der Waals surface area contributed by atoms with Crippen LogP contribution in [0.2, 0.25) is 0 Å². The molecule has 0 saturated heterocycles. The first kappa shape index (κ1) is 17.0. The topological polar surface area (TPSA) is 74.3 Å². The highest BCUT2D eigenvalue weighted by Gasteiger charge is 2.25. The maximum absolute atomic E-state index is 12.9. The lowest BCUT2D eigenvalue weighted by Crippen LogP contribution is -2.24. The summed E-state index contributed by atoms with van der Waals surface area (Å²) in [7, 11) is 1.57. The second-order valence-electron chi connectivity index (χ2n) is 6.30. The van der Waals surface area contributed by atoms with E-state index in [4.69, 9.17) is 9.15 Å². The van der Waals surface area contributed by atoms with Crippen LogP contribution in [0.3, 0.4) is 0 Å². The summed E-state index contributed by atoms with van der Waals surface area (Å²) in [6.45, 7) is 8.77. The van der Waals surface area contributed by atoms with E-state index in [0.717, 1.165) is 16.5 Å². The Kier molecular flexibility index (Phi) is 3.99. The Morgan fingerprint density at radius 3 is 2.48 bits per heavy atom. The third kappa shape index (κ3) is 2.73. The molecule has 0 aliphatic heterocycles. The largest absolute Gasteiger partial charge is 0.461 e. The average Bonchev–Trinajstić information content (AvgIpc) is 2.81. The summed E-state index contributed by atoms with van der Waals surface area (Å²) in [4.78, 5) is 24.4. The van der Waals surface area contributed by atoms with Crippen LogP contribution in [0.15, 0.2) is 21.3 Å². The molecule has 3 rings (SSSR count). The van der Waals surface area contributed by atoms with E-state index in [-0.39, 0.29) is 11.3 Å². The lowest BCUT2D eigenvalue weighted by molar-refractivity contribution is -0.131. The molecule has 0 unspecified atom stereocenters. The van der Waals surface area contributed by atoms with Gasteiger partial charge in [0.05, 0.1) is 5.56 Å². The Hall–Kier alpha value is -2.89. The van der Waals surface area contributed by atoms with Crippen molar-refractivity contribution in [2.45, 2.75) is 34.6 Å². The molecule has 0 aliphatic carbocycles. The number of rotatable bonds is 2. The number of esters is 1. The van der Waals surface area contributed by atoms with Gasteiger partial charge in [0.1, 0.15) is 17.0 Å². The van der Waals surface area contributed by atoms with Crippen molar-refractivity contribution >= 4 is 16.9 Å². The Balaban J connectivity index is 2.49. The van der Waals surface area contributed by atoms with Gasteiger partial charge in [-0.2, -0.15) is 5.10 Å². The van der Waals surface area contributed by atoms with E-state index in [0.29, 0.717) is 28.2 Å². The second kappa shape index (κ2) is 5.88. The van der Waals surface area contributed by atoms with Gasteiger partial charge in [0.25, 0.3) is 5.56 Å². The molecule has 0 amide bonds. The van der Waals surface area contributed by atoms with Crippen LogP contribution in [0.25, 0.3) is 22.1 Å². The smallest absolute Gasteiger partial charge is 0.308 e. The Morgan fingerprint density at radius 1 is 1.16 bits per heavy atom. The maximum Gasteiger partial charge on any atom is 0.308 e. The number of carbonyl (C=O) groups excluding carboxylic acids is 1. The molecule has 2 heterocycles. The molecule has 6 heteroatoms. The van der Waals surface area contributed by atoms with Crippen molar-refractivity contribution in [3.05, 3.63) is 45.1 Å². The number of ether oxygens (including phenoxy) is 1. The first-order valence-corrected chi connectivity index (χ1v) is 7.97. The zero-order valence-electron chi connectivity index (χ0n) is 15.2. The van der Waals surface area contributed by atoms with Gasteiger partial charge in [0, 0.05) is 24.9 Å². The average molecular weight is 340 g/mol. The molecule has 0 aliphatic rings. The molecule has 3 aromatic rings. The number of hydrogen-bond acceptors (Lipinski definition) is 5. The Morgan fingerprint density at radius 2 is 1.84 bits per heavy atom. The zero-order chi connectivity index (χ0) is 18.5. The quantitative estimate of drug-likeness (QED) is 0.669. The minimum atomic E-state index is -0.502. The summed E-state index contributed by atoms with van der Waals surface area (Å²) < 4.78 is 12.5. The van der Waals surface area contributed by atoms with Crippen molar-refractivity contribution in [3.63, 3.8) is 0 Å². The van der Waals surface area contributed by atoms with Crippen LogP contribution < -0.4 is 10.3 Å². The predicted molar refractivity (Wildman–Crippen MR) is 94.9 cm³/mol. The first-order chi connectivity index (χ1) is 11.7. The van der Waals surface area contributed by atoms with Crippen molar-refractivity contribution in [1.82, 2.24) is 9.78 Å². The van der Waals surface area contributed by atoms with E-state index in [9.17, 15) is 9.59 Å². The van der Waals surface area contributed by atoms with Gasteiger partial charge in [-0.25, -0.2) is 4.68 Å². The predicted octanol–water partition coefficient (Wildman–Crippen LogP) is 3.35. The van der Waals surface area contributed by atoms with Crippen molar-refractivity contribution in [1.29, 1.82) is 0 Å². The van der Waals surface area contributed by atoms with Gasteiger partial charge in [-0.15, -0.1) is 0 Å². The summed E-state index contributed by atoms with van der Waals surface area (Å²) in [6, 6.07) is 3.97. The number of fused-ring (bicyclic) bond motifs is 1. The fraction of sp³-hybridized carbons (Fsp3) is 0.316. The number of benzene rings is 1. The molecular weight excluding hydrogens is 320 g/mol. The van der Waals surface area contributed by atoms with Crippen molar-refractivity contribution in [2.24, 2.45) is 7.05 Å². The highest BCUT2D eigenvalue weighted by Crippen LogP contribution is 2.40. The van der Waals surface area contributed by atoms with Gasteiger partial charge in [-0.1, -0.05) is 6.07 Å². The van der Waals surface area contributed by atoms with Crippen LogP contribution >= 0.6 is 0 Å². The van der Waals surface area contributed by atoms with Crippen molar-refractivity contribution in [2.75, 3.05) is 0 Å². The molecule has 2 aromatic heterocycles. The lowest BCUT2D eigenvalue weighted by Gasteiger charge is -2.13. The maximum atomic E-state index is 12.9. The monoisotopic (exact) mass is 340 g/mol. The molecule has 0 N–H and O–H groups in total. The SMILES string of the molecule is CC(=O)Oc1c(C)nn(C)c(=O)c1-c1c(C)oc2cc(C)cc(C)c12.